The van der Waals surface area contributed by atoms with Crippen LogP contribution in [0.5, 0.6) is 0 Å². The Bertz CT molecular complexity index is 524. The average molecular weight is 317 g/mol. The number of hydrazone groups is 1. The van der Waals surface area contributed by atoms with E-state index in [1.807, 2.05) is 55.6 Å². The Balaban J connectivity index is 0. The molecule has 130 valence electrons. The first-order valence-electron chi connectivity index (χ1n) is 8.56. The molecule has 0 saturated carbocycles. The number of fused-ring (bicyclic) bond motifs is 1. The minimum absolute atomic E-state index is 1.09. The molecule has 0 saturated heterocycles. The molecular weight excluding hydrogens is 280 g/mol. The smallest absolute Gasteiger partial charge is 0.0318 e. The fourth-order valence-electron chi connectivity index (χ4n) is 2.02. The van der Waals surface area contributed by atoms with E-state index < -0.39 is 0 Å². The van der Waals surface area contributed by atoms with Crippen molar-refractivity contribution >= 4 is 16.5 Å². The molecule has 0 spiro atoms. The molecule has 2 nitrogen and oxygen atoms in total. The molecule has 0 radical (unpaired) electrons. The molecule has 2 aromatic carbocycles. The standard InChI is InChI=1S/C12H12.C5H12N2.2C2H6/c1-9-5-3-8-12-10(2)6-4-7-11(9)12;1-5(2)6-7(3)4;2*1-2/h3-8H,1-2H3;1-4H3;2*1-2H3. The molecular formula is C21H36N2. The molecule has 2 heteroatoms. The van der Waals surface area contributed by atoms with Crippen LogP contribution in [0, 0.1) is 13.8 Å². The molecule has 0 atom stereocenters. The minimum Gasteiger partial charge on any atom is -0.303 e. The van der Waals surface area contributed by atoms with Gasteiger partial charge in [-0.2, -0.15) is 5.10 Å². The summed E-state index contributed by atoms with van der Waals surface area (Å²) < 4.78 is 0. The van der Waals surface area contributed by atoms with Crippen molar-refractivity contribution in [1.82, 2.24) is 5.01 Å². The van der Waals surface area contributed by atoms with Crippen LogP contribution in [0.3, 0.4) is 0 Å². The van der Waals surface area contributed by atoms with Crippen LogP contribution < -0.4 is 0 Å². The van der Waals surface area contributed by atoms with Crippen molar-refractivity contribution in [3.8, 4) is 0 Å². The molecule has 0 aromatic heterocycles. The maximum Gasteiger partial charge on any atom is 0.0318 e. The number of hydrogen-bond donors (Lipinski definition) is 0. The second-order valence-corrected chi connectivity index (χ2v) is 5.14. The van der Waals surface area contributed by atoms with Crippen LogP contribution in [0.1, 0.15) is 52.7 Å². The summed E-state index contributed by atoms with van der Waals surface area (Å²) >= 11 is 0. The van der Waals surface area contributed by atoms with Crippen LogP contribution in [-0.2, 0) is 0 Å². The summed E-state index contributed by atoms with van der Waals surface area (Å²) in [5, 5.41) is 8.56. The fraction of sp³-hybridized carbons (Fsp3) is 0.476. The summed E-state index contributed by atoms with van der Waals surface area (Å²) in [6.07, 6.45) is 0. The highest BCUT2D eigenvalue weighted by molar-refractivity contribution is 5.88. The largest absolute Gasteiger partial charge is 0.303 e. The van der Waals surface area contributed by atoms with E-state index in [0.717, 1.165) is 5.71 Å². The Morgan fingerprint density at radius 2 is 1.09 bits per heavy atom. The quantitative estimate of drug-likeness (QED) is 0.436. The Hall–Kier alpha value is -1.83. The van der Waals surface area contributed by atoms with E-state index in [9.17, 15) is 0 Å². The molecule has 0 heterocycles. The minimum atomic E-state index is 1.09. The number of nitrogens with zero attached hydrogens (tertiary/aromatic N) is 2. The first kappa shape index (κ1) is 23.4. The van der Waals surface area contributed by atoms with Crippen molar-refractivity contribution in [2.45, 2.75) is 55.4 Å². The molecule has 0 aliphatic rings. The normalized spacial score (nSPS) is 8.43. The van der Waals surface area contributed by atoms with E-state index in [1.54, 1.807) is 5.01 Å². The van der Waals surface area contributed by atoms with Crippen LogP contribution in [0.25, 0.3) is 10.8 Å². The van der Waals surface area contributed by atoms with Crippen LogP contribution in [0.4, 0.5) is 0 Å². The molecule has 2 aromatic rings. The van der Waals surface area contributed by atoms with Gasteiger partial charge in [-0.15, -0.1) is 0 Å². The zero-order valence-electron chi connectivity index (χ0n) is 16.9. The molecule has 0 aliphatic heterocycles. The van der Waals surface area contributed by atoms with Gasteiger partial charge in [0, 0.05) is 19.8 Å². The van der Waals surface area contributed by atoms with Crippen molar-refractivity contribution in [2.24, 2.45) is 5.10 Å². The van der Waals surface area contributed by atoms with Gasteiger partial charge in [0.25, 0.3) is 0 Å². The Kier molecular flexibility index (Phi) is 14.1. The Labute approximate surface area is 144 Å². The zero-order chi connectivity index (χ0) is 18.4. The average Bonchev–Trinajstić information content (AvgIpc) is 2.52. The second kappa shape index (κ2) is 13.8. The van der Waals surface area contributed by atoms with E-state index in [4.69, 9.17) is 0 Å². The molecule has 0 bridgehead atoms. The molecule has 0 fully saturated rings. The van der Waals surface area contributed by atoms with Crippen LogP contribution in [0.2, 0.25) is 0 Å². The summed E-state index contributed by atoms with van der Waals surface area (Å²) in [6, 6.07) is 12.9. The molecule has 0 N–H and O–H groups in total. The summed E-state index contributed by atoms with van der Waals surface area (Å²) in [5.74, 6) is 0. The van der Waals surface area contributed by atoms with E-state index in [0.29, 0.717) is 0 Å². The van der Waals surface area contributed by atoms with Gasteiger partial charge in [0.15, 0.2) is 0 Å². The van der Waals surface area contributed by atoms with Gasteiger partial charge in [0.2, 0.25) is 0 Å². The Morgan fingerprint density at radius 1 is 0.739 bits per heavy atom. The molecule has 0 amide bonds. The zero-order valence-corrected chi connectivity index (χ0v) is 16.9. The molecule has 0 unspecified atom stereocenters. The summed E-state index contributed by atoms with van der Waals surface area (Å²) in [7, 11) is 3.82. The highest BCUT2D eigenvalue weighted by Gasteiger charge is 1.96. The number of benzene rings is 2. The van der Waals surface area contributed by atoms with E-state index in [2.05, 4.69) is 55.3 Å². The van der Waals surface area contributed by atoms with Crippen molar-refractivity contribution in [1.29, 1.82) is 0 Å². The van der Waals surface area contributed by atoms with Gasteiger partial charge in [-0.25, -0.2) is 0 Å². The van der Waals surface area contributed by atoms with Gasteiger partial charge >= 0.3 is 0 Å². The van der Waals surface area contributed by atoms with E-state index in [-0.39, 0.29) is 0 Å². The lowest BCUT2D eigenvalue weighted by atomic mass is 10.0. The molecule has 23 heavy (non-hydrogen) atoms. The predicted molar refractivity (Wildman–Crippen MR) is 109 cm³/mol. The van der Waals surface area contributed by atoms with Crippen LogP contribution in [-0.4, -0.2) is 24.8 Å². The lowest BCUT2D eigenvalue weighted by Gasteiger charge is -2.03. The van der Waals surface area contributed by atoms with Crippen molar-refractivity contribution in [2.75, 3.05) is 14.1 Å². The van der Waals surface area contributed by atoms with Crippen molar-refractivity contribution in [3.63, 3.8) is 0 Å². The highest BCUT2D eigenvalue weighted by atomic mass is 15.4. The maximum absolute atomic E-state index is 4.03. The number of aryl methyl sites for hydroxylation is 2. The van der Waals surface area contributed by atoms with Gasteiger partial charge in [0.1, 0.15) is 0 Å². The Morgan fingerprint density at radius 3 is 1.30 bits per heavy atom. The SMILES string of the molecule is CC.CC.CC(C)=NN(C)C.Cc1cccc2c(C)cccc12. The van der Waals surface area contributed by atoms with E-state index >= 15 is 0 Å². The van der Waals surface area contributed by atoms with Gasteiger partial charge in [0.05, 0.1) is 0 Å². The number of hydrogen-bond acceptors (Lipinski definition) is 2. The first-order chi connectivity index (χ1) is 10.9. The molecule has 2 rings (SSSR count). The monoisotopic (exact) mass is 316 g/mol. The topological polar surface area (TPSA) is 15.6 Å². The maximum atomic E-state index is 4.03. The molecule has 0 aliphatic carbocycles. The van der Waals surface area contributed by atoms with Gasteiger partial charge < -0.3 is 5.01 Å². The highest BCUT2D eigenvalue weighted by Crippen LogP contribution is 2.20. The second-order valence-electron chi connectivity index (χ2n) is 5.14. The lowest BCUT2D eigenvalue weighted by molar-refractivity contribution is 0.437. The summed E-state index contributed by atoms with van der Waals surface area (Å²) in [5.41, 5.74) is 3.80. The van der Waals surface area contributed by atoms with Gasteiger partial charge in [-0.05, 0) is 49.6 Å². The third kappa shape index (κ3) is 9.72. The lowest BCUT2D eigenvalue weighted by Crippen LogP contribution is -2.03. The summed E-state index contributed by atoms with van der Waals surface area (Å²) in [4.78, 5) is 0. The fourth-order valence-corrected chi connectivity index (χ4v) is 2.02. The van der Waals surface area contributed by atoms with E-state index in [1.165, 1.54) is 21.9 Å². The third-order valence-electron chi connectivity index (χ3n) is 2.76. The summed E-state index contributed by atoms with van der Waals surface area (Å²) in [6.45, 7) is 16.3. The van der Waals surface area contributed by atoms with Crippen LogP contribution >= 0.6 is 0 Å². The van der Waals surface area contributed by atoms with Crippen molar-refractivity contribution < 1.29 is 0 Å². The van der Waals surface area contributed by atoms with Gasteiger partial charge in [-0.3, -0.25) is 0 Å². The third-order valence-corrected chi connectivity index (χ3v) is 2.76. The number of rotatable bonds is 1. The van der Waals surface area contributed by atoms with Crippen molar-refractivity contribution in [3.05, 3.63) is 47.5 Å². The first-order valence-corrected chi connectivity index (χ1v) is 8.56. The predicted octanol–water partition coefficient (Wildman–Crippen LogP) is 6.45. The van der Waals surface area contributed by atoms with Crippen LogP contribution in [0.15, 0.2) is 41.5 Å². The van der Waals surface area contributed by atoms with Gasteiger partial charge in [-0.1, -0.05) is 64.1 Å².